The van der Waals surface area contributed by atoms with E-state index in [9.17, 15) is 15.0 Å². The van der Waals surface area contributed by atoms with E-state index in [2.05, 4.69) is 10.5 Å². The van der Waals surface area contributed by atoms with Crippen LogP contribution in [0.4, 0.5) is 0 Å². The van der Waals surface area contributed by atoms with E-state index in [0.29, 0.717) is 28.0 Å². The number of methoxy groups -OCH3 is 1. The van der Waals surface area contributed by atoms with Crippen LogP contribution in [-0.4, -0.2) is 29.4 Å². The fourth-order valence-corrected chi connectivity index (χ4v) is 2.90. The highest BCUT2D eigenvalue weighted by molar-refractivity contribution is 5.96. The second-order valence-corrected chi connectivity index (χ2v) is 9.04. The van der Waals surface area contributed by atoms with Gasteiger partial charge in [-0.25, -0.2) is 5.43 Å². The molecule has 0 unspecified atom stereocenters. The normalized spacial score (nSPS) is 12.2. The van der Waals surface area contributed by atoms with E-state index in [4.69, 9.17) is 4.74 Å². The largest absolute Gasteiger partial charge is 0.507 e. The Balaban J connectivity index is 2.36. The summed E-state index contributed by atoms with van der Waals surface area (Å²) in [5.41, 5.74) is 4.03. The molecule has 0 aliphatic rings. The number of phenols is 2. The molecular weight excluding hydrogens is 368 g/mol. The van der Waals surface area contributed by atoms with Crippen molar-refractivity contribution in [2.75, 3.05) is 7.11 Å². The molecule has 156 valence electrons. The van der Waals surface area contributed by atoms with E-state index in [0.717, 1.165) is 0 Å². The van der Waals surface area contributed by atoms with Gasteiger partial charge in [-0.05, 0) is 41.2 Å². The highest BCUT2D eigenvalue weighted by Gasteiger charge is 2.27. The first-order valence-corrected chi connectivity index (χ1v) is 9.43. The molecule has 0 fully saturated rings. The van der Waals surface area contributed by atoms with Crippen molar-refractivity contribution in [1.82, 2.24) is 5.43 Å². The van der Waals surface area contributed by atoms with Crippen LogP contribution in [0.2, 0.25) is 0 Å². The highest BCUT2D eigenvalue weighted by atomic mass is 16.5. The van der Waals surface area contributed by atoms with Crippen molar-refractivity contribution in [3.63, 3.8) is 0 Å². The first-order chi connectivity index (χ1) is 13.3. The van der Waals surface area contributed by atoms with Crippen molar-refractivity contribution >= 4 is 12.1 Å². The van der Waals surface area contributed by atoms with Crippen molar-refractivity contribution in [3.8, 4) is 17.2 Å². The molecule has 0 aliphatic heterocycles. The summed E-state index contributed by atoms with van der Waals surface area (Å²) < 4.78 is 5.12. The van der Waals surface area contributed by atoms with E-state index >= 15 is 0 Å². The molecule has 0 aromatic heterocycles. The molecule has 6 heteroatoms. The molecular formula is C23H30N2O4. The molecule has 0 spiro atoms. The number of phenolic OH excluding ortho intramolecular Hbond substituents is 2. The lowest BCUT2D eigenvalue weighted by atomic mass is 9.78. The van der Waals surface area contributed by atoms with Gasteiger partial charge in [0.15, 0.2) is 0 Å². The topological polar surface area (TPSA) is 91.2 Å². The Labute approximate surface area is 172 Å². The van der Waals surface area contributed by atoms with Crippen molar-refractivity contribution < 1.29 is 19.7 Å². The van der Waals surface area contributed by atoms with Crippen LogP contribution in [0.5, 0.6) is 17.2 Å². The number of hydrogen-bond donors (Lipinski definition) is 3. The van der Waals surface area contributed by atoms with Crippen LogP contribution in [-0.2, 0) is 10.8 Å². The number of nitrogens with zero attached hydrogens (tertiary/aromatic N) is 1. The number of benzene rings is 2. The number of ether oxygens (including phenoxy) is 1. The summed E-state index contributed by atoms with van der Waals surface area (Å²) in [7, 11) is 1.53. The lowest BCUT2D eigenvalue weighted by Gasteiger charge is -2.28. The molecule has 29 heavy (non-hydrogen) atoms. The van der Waals surface area contributed by atoms with Crippen molar-refractivity contribution in [1.29, 1.82) is 0 Å². The summed E-state index contributed by atoms with van der Waals surface area (Å²) in [6.45, 7) is 11.9. The van der Waals surface area contributed by atoms with Gasteiger partial charge in [-0.15, -0.1) is 0 Å². The minimum absolute atomic E-state index is 0.0264. The molecule has 0 atom stereocenters. The second-order valence-electron chi connectivity index (χ2n) is 9.04. The lowest BCUT2D eigenvalue weighted by Crippen LogP contribution is -2.22. The van der Waals surface area contributed by atoms with Gasteiger partial charge in [-0.1, -0.05) is 41.5 Å². The van der Waals surface area contributed by atoms with E-state index < -0.39 is 5.91 Å². The van der Waals surface area contributed by atoms with Gasteiger partial charge in [0.1, 0.15) is 17.2 Å². The maximum atomic E-state index is 12.7. The molecule has 1 amide bonds. The quantitative estimate of drug-likeness (QED) is 0.524. The zero-order chi connectivity index (χ0) is 22.0. The summed E-state index contributed by atoms with van der Waals surface area (Å²) in [6, 6.07) is 8.12. The fourth-order valence-electron chi connectivity index (χ4n) is 2.90. The SMILES string of the molecule is COc1ccc(O)c(C=NNC(=O)c2cc(C(C)(C)C)c(O)c(C(C)(C)C)c2)c1. The first-order valence-electron chi connectivity index (χ1n) is 9.43. The summed E-state index contributed by atoms with van der Waals surface area (Å²) in [4.78, 5) is 12.7. The Morgan fingerprint density at radius 3 is 2.03 bits per heavy atom. The molecule has 0 aliphatic carbocycles. The third-order valence-electron chi connectivity index (χ3n) is 4.59. The Hall–Kier alpha value is -3.02. The third-order valence-corrected chi connectivity index (χ3v) is 4.59. The molecule has 0 saturated heterocycles. The molecule has 2 aromatic rings. The summed E-state index contributed by atoms with van der Waals surface area (Å²) in [5, 5.41) is 24.6. The highest BCUT2D eigenvalue weighted by Crippen LogP contribution is 2.39. The van der Waals surface area contributed by atoms with Crippen LogP contribution in [0.1, 0.15) is 68.6 Å². The Bertz CT molecular complexity index is 900. The first kappa shape index (κ1) is 22.3. The summed E-state index contributed by atoms with van der Waals surface area (Å²) in [6.07, 6.45) is 1.35. The molecule has 0 radical (unpaired) electrons. The Kier molecular flexibility index (Phi) is 6.26. The number of nitrogens with one attached hydrogen (secondary N) is 1. The van der Waals surface area contributed by atoms with Gasteiger partial charge >= 0.3 is 0 Å². The van der Waals surface area contributed by atoms with Gasteiger partial charge in [-0.2, -0.15) is 5.10 Å². The van der Waals surface area contributed by atoms with Crippen molar-refractivity contribution in [3.05, 3.63) is 52.6 Å². The summed E-state index contributed by atoms with van der Waals surface area (Å²) in [5.74, 6) is 0.406. The number of hydrazone groups is 1. The van der Waals surface area contributed by atoms with Crippen LogP contribution in [0.25, 0.3) is 0 Å². The van der Waals surface area contributed by atoms with E-state index in [1.165, 1.54) is 19.4 Å². The number of amides is 1. The van der Waals surface area contributed by atoms with E-state index in [-0.39, 0.29) is 22.3 Å². The predicted molar refractivity (Wildman–Crippen MR) is 115 cm³/mol. The van der Waals surface area contributed by atoms with Gasteiger partial charge in [0.05, 0.1) is 13.3 Å². The number of carbonyl (C=O) groups is 1. The van der Waals surface area contributed by atoms with Crippen LogP contribution in [0.15, 0.2) is 35.4 Å². The minimum Gasteiger partial charge on any atom is -0.507 e. The number of carbonyl (C=O) groups excluding carboxylic acids is 1. The van der Waals surface area contributed by atoms with E-state index in [1.54, 1.807) is 24.3 Å². The fraction of sp³-hybridized carbons (Fsp3) is 0.391. The predicted octanol–water partition coefficient (Wildman–Crippen LogP) is 4.47. The van der Waals surface area contributed by atoms with Gasteiger partial charge in [0.2, 0.25) is 0 Å². The molecule has 3 N–H and O–H groups in total. The molecule has 0 bridgehead atoms. The van der Waals surface area contributed by atoms with Gasteiger partial charge < -0.3 is 14.9 Å². The van der Waals surface area contributed by atoms with Crippen molar-refractivity contribution in [2.45, 2.75) is 52.4 Å². The smallest absolute Gasteiger partial charge is 0.271 e. The van der Waals surface area contributed by atoms with Crippen LogP contribution in [0.3, 0.4) is 0 Å². The van der Waals surface area contributed by atoms with E-state index in [1.807, 2.05) is 41.5 Å². The third kappa shape index (κ3) is 5.28. The average molecular weight is 399 g/mol. The summed E-state index contributed by atoms with van der Waals surface area (Å²) >= 11 is 0. The molecule has 0 saturated carbocycles. The lowest BCUT2D eigenvalue weighted by molar-refractivity contribution is 0.0955. The maximum absolute atomic E-state index is 12.7. The van der Waals surface area contributed by atoms with Crippen LogP contribution in [0, 0.1) is 0 Å². The van der Waals surface area contributed by atoms with Crippen LogP contribution >= 0.6 is 0 Å². The monoisotopic (exact) mass is 398 g/mol. The molecule has 2 rings (SSSR count). The minimum atomic E-state index is -0.403. The number of hydrogen-bond acceptors (Lipinski definition) is 5. The zero-order valence-corrected chi connectivity index (χ0v) is 18.1. The van der Waals surface area contributed by atoms with Gasteiger partial charge in [0, 0.05) is 22.3 Å². The molecule has 2 aromatic carbocycles. The average Bonchev–Trinajstić information content (AvgIpc) is 2.61. The molecule has 6 nitrogen and oxygen atoms in total. The maximum Gasteiger partial charge on any atom is 0.271 e. The molecule has 0 heterocycles. The standard InChI is InChI=1S/C23H30N2O4/c1-22(2,3)17-11-14(12-18(20(17)27)23(4,5)6)21(28)25-24-13-15-10-16(29-7)8-9-19(15)26/h8-13,26-27H,1-7H3,(H,25,28). The zero-order valence-electron chi connectivity index (χ0n) is 18.1. The Morgan fingerprint density at radius 1 is 1.00 bits per heavy atom. The van der Waals surface area contributed by atoms with Gasteiger partial charge in [-0.3, -0.25) is 4.79 Å². The number of rotatable bonds is 4. The number of aromatic hydroxyl groups is 2. The second kappa shape index (κ2) is 8.15. The van der Waals surface area contributed by atoms with Crippen LogP contribution < -0.4 is 10.2 Å². The Morgan fingerprint density at radius 2 is 1.55 bits per heavy atom. The van der Waals surface area contributed by atoms with Gasteiger partial charge in [0.25, 0.3) is 5.91 Å². The van der Waals surface area contributed by atoms with Crippen molar-refractivity contribution in [2.24, 2.45) is 5.10 Å².